The van der Waals surface area contributed by atoms with Crippen LogP contribution in [-0.4, -0.2) is 33.0 Å². The molecule has 6 nitrogen and oxygen atoms in total. The van der Waals surface area contributed by atoms with Crippen molar-refractivity contribution in [2.24, 2.45) is 5.92 Å². The Morgan fingerprint density at radius 3 is 2.62 bits per heavy atom. The number of amides is 1. The monoisotopic (exact) mass is 431 g/mol. The Morgan fingerprint density at radius 2 is 1.93 bits per heavy atom. The Hall–Kier alpha value is -2.38. The molecule has 1 fully saturated rings. The van der Waals surface area contributed by atoms with Crippen LogP contribution in [0.25, 0.3) is 10.9 Å². The van der Waals surface area contributed by atoms with Gasteiger partial charge in [-0.15, -0.1) is 11.3 Å². The fourth-order valence-corrected chi connectivity index (χ4v) is 4.59. The number of rotatable bonds is 4. The molecule has 0 radical (unpaired) electrons. The van der Waals surface area contributed by atoms with E-state index in [1.165, 1.54) is 20.5 Å². The van der Waals surface area contributed by atoms with Crippen LogP contribution in [0, 0.1) is 5.92 Å². The summed E-state index contributed by atoms with van der Waals surface area (Å²) in [5.74, 6) is 0.496. The number of carbonyl (C=O) groups is 1. The van der Waals surface area contributed by atoms with E-state index in [0.29, 0.717) is 34.9 Å². The molecular formula is C21H22ClN3O3S. The Balaban J connectivity index is 1.78. The molecule has 29 heavy (non-hydrogen) atoms. The number of halogens is 1. The van der Waals surface area contributed by atoms with E-state index in [2.05, 4.69) is 6.92 Å². The molecule has 1 amide bonds. The van der Waals surface area contributed by atoms with Crippen LogP contribution >= 0.6 is 22.9 Å². The summed E-state index contributed by atoms with van der Waals surface area (Å²) in [7, 11) is 0. The third kappa shape index (κ3) is 4.02. The van der Waals surface area contributed by atoms with Gasteiger partial charge >= 0.3 is 5.69 Å². The van der Waals surface area contributed by atoms with Gasteiger partial charge in [0.15, 0.2) is 0 Å². The van der Waals surface area contributed by atoms with E-state index in [-0.39, 0.29) is 24.6 Å². The maximum Gasteiger partial charge on any atom is 0.332 e. The van der Waals surface area contributed by atoms with Crippen molar-refractivity contribution in [3.8, 4) is 0 Å². The summed E-state index contributed by atoms with van der Waals surface area (Å²) < 4.78 is 2.59. The quantitative estimate of drug-likeness (QED) is 0.637. The predicted octanol–water partition coefficient (Wildman–Crippen LogP) is 3.18. The fourth-order valence-electron chi connectivity index (χ4n) is 3.73. The molecule has 8 heteroatoms. The zero-order valence-electron chi connectivity index (χ0n) is 16.1. The third-order valence-corrected chi connectivity index (χ3v) is 6.61. The maximum absolute atomic E-state index is 13.2. The summed E-state index contributed by atoms with van der Waals surface area (Å²) in [6.45, 7) is 3.66. The molecule has 1 aliphatic heterocycles. The highest BCUT2D eigenvalue weighted by Gasteiger charge is 2.23. The van der Waals surface area contributed by atoms with Crippen LogP contribution in [0.2, 0.25) is 5.02 Å². The highest BCUT2D eigenvalue weighted by atomic mass is 35.5. The number of thiophene rings is 1. The molecule has 0 N–H and O–H groups in total. The molecule has 0 saturated carbocycles. The first-order valence-corrected chi connectivity index (χ1v) is 10.9. The van der Waals surface area contributed by atoms with E-state index in [1.807, 2.05) is 17.5 Å². The first-order chi connectivity index (χ1) is 13.9. The summed E-state index contributed by atoms with van der Waals surface area (Å²) in [5, 5.41) is 2.70. The molecule has 152 valence electrons. The third-order valence-electron chi connectivity index (χ3n) is 5.51. The molecule has 0 atom stereocenters. The molecule has 0 unspecified atom stereocenters. The minimum Gasteiger partial charge on any atom is -0.341 e. The smallest absolute Gasteiger partial charge is 0.332 e. The molecule has 3 aromatic rings. The first kappa shape index (κ1) is 19.9. The summed E-state index contributed by atoms with van der Waals surface area (Å²) in [4.78, 5) is 41.8. The zero-order chi connectivity index (χ0) is 20.5. The summed E-state index contributed by atoms with van der Waals surface area (Å²) >= 11 is 7.62. The second-order valence-electron chi connectivity index (χ2n) is 7.56. The van der Waals surface area contributed by atoms with Gasteiger partial charge in [-0.25, -0.2) is 4.79 Å². The van der Waals surface area contributed by atoms with E-state index in [4.69, 9.17) is 11.6 Å². The lowest BCUT2D eigenvalue weighted by Crippen LogP contribution is -2.45. The van der Waals surface area contributed by atoms with Crippen molar-refractivity contribution in [2.75, 3.05) is 13.1 Å². The topological polar surface area (TPSA) is 64.3 Å². The van der Waals surface area contributed by atoms with Crippen molar-refractivity contribution in [1.82, 2.24) is 14.0 Å². The molecular weight excluding hydrogens is 410 g/mol. The van der Waals surface area contributed by atoms with Crippen molar-refractivity contribution >= 4 is 39.7 Å². The van der Waals surface area contributed by atoms with Crippen LogP contribution in [-0.2, 0) is 17.9 Å². The SMILES string of the molecule is CC1CCN(C(=O)Cn2c(=O)n(Cc3cccs3)c(=O)c3ccc(Cl)cc32)CC1. The average Bonchev–Trinajstić information content (AvgIpc) is 3.22. The molecule has 1 aromatic carbocycles. The second-order valence-corrected chi connectivity index (χ2v) is 9.03. The highest BCUT2D eigenvalue weighted by Crippen LogP contribution is 2.19. The lowest BCUT2D eigenvalue weighted by Gasteiger charge is -2.30. The Bertz CT molecular complexity index is 1160. The molecule has 4 rings (SSSR count). The number of carbonyl (C=O) groups excluding carboxylic acids is 1. The van der Waals surface area contributed by atoms with Gasteiger partial charge in [0.25, 0.3) is 5.56 Å². The lowest BCUT2D eigenvalue weighted by molar-refractivity contribution is -0.133. The van der Waals surface area contributed by atoms with Crippen molar-refractivity contribution < 1.29 is 4.79 Å². The number of hydrogen-bond acceptors (Lipinski definition) is 4. The number of fused-ring (bicyclic) bond motifs is 1. The first-order valence-electron chi connectivity index (χ1n) is 9.67. The average molecular weight is 432 g/mol. The van der Waals surface area contributed by atoms with Gasteiger partial charge in [0.05, 0.1) is 17.4 Å². The largest absolute Gasteiger partial charge is 0.341 e. The Morgan fingerprint density at radius 1 is 1.17 bits per heavy atom. The minimum absolute atomic E-state index is 0.102. The van der Waals surface area contributed by atoms with Gasteiger partial charge in [-0.3, -0.25) is 18.7 Å². The van der Waals surface area contributed by atoms with Crippen molar-refractivity contribution in [2.45, 2.75) is 32.9 Å². The van der Waals surface area contributed by atoms with Gasteiger partial charge in [0.1, 0.15) is 6.54 Å². The summed E-state index contributed by atoms with van der Waals surface area (Å²) in [5.41, 5.74) is -0.462. The number of hydrogen-bond donors (Lipinski definition) is 0. The molecule has 1 saturated heterocycles. The van der Waals surface area contributed by atoms with Crippen molar-refractivity contribution in [3.05, 3.63) is 66.4 Å². The van der Waals surface area contributed by atoms with Crippen molar-refractivity contribution in [3.63, 3.8) is 0 Å². The van der Waals surface area contributed by atoms with Gasteiger partial charge in [0, 0.05) is 23.0 Å². The molecule has 2 aromatic heterocycles. The van der Waals surface area contributed by atoms with Crippen LogP contribution in [0.4, 0.5) is 0 Å². The summed E-state index contributed by atoms with van der Waals surface area (Å²) in [6, 6.07) is 8.59. The molecule has 0 bridgehead atoms. The van der Waals surface area contributed by atoms with Crippen LogP contribution in [0.15, 0.2) is 45.3 Å². The van der Waals surface area contributed by atoms with E-state index in [0.717, 1.165) is 17.7 Å². The zero-order valence-corrected chi connectivity index (χ0v) is 17.7. The maximum atomic E-state index is 13.2. The number of nitrogens with zero attached hydrogens (tertiary/aromatic N) is 3. The molecule has 0 spiro atoms. The normalized spacial score (nSPS) is 15.2. The van der Waals surface area contributed by atoms with E-state index >= 15 is 0 Å². The Kier molecular flexibility index (Phi) is 5.61. The fraction of sp³-hybridized carbons (Fsp3) is 0.381. The number of benzene rings is 1. The molecule has 0 aliphatic carbocycles. The van der Waals surface area contributed by atoms with Crippen molar-refractivity contribution in [1.29, 1.82) is 0 Å². The van der Waals surface area contributed by atoms with Crippen LogP contribution in [0.1, 0.15) is 24.6 Å². The standard InChI is InChI=1S/C21H22ClN3O3S/c1-14-6-8-23(9-7-14)19(26)13-24-18-11-15(22)4-5-17(18)20(27)25(21(24)28)12-16-3-2-10-29-16/h2-5,10-11,14H,6-9,12-13H2,1H3. The Labute approximate surface area is 176 Å². The minimum atomic E-state index is -0.489. The second kappa shape index (κ2) is 8.16. The van der Waals surface area contributed by atoms with E-state index in [1.54, 1.807) is 23.1 Å². The van der Waals surface area contributed by atoms with Gasteiger partial charge in [-0.1, -0.05) is 24.6 Å². The van der Waals surface area contributed by atoms with Crippen LogP contribution < -0.4 is 11.2 Å². The lowest BCUT2D eigenvalue weighted by atomic mass is 9.99. The van der Waals surface area contributed by atoms with E-state index in [9.17, 15) is 14.4 Å². The summed E-state index contributed by atoms with van der Waals surface area (Å²) in [6.07, 6.45) is 1.93. The van der Waals surface area contributed by atoms with Gasteiger partial charge in [-0.05, 0) is 48.4 Å². The molecule has 3 heterocycles. The predicted molar refractivity (Wildman–Crippen MR) is 116 cm³/mol. The molecule has 1 aliphatic rings. The highest BCUT2D eigenvalue weighted by molar-refractivity contribution is 7.09. The van der Waals surface area contributed by atoms with Gasteiger partial charge in [0.2, 0.25) is 5.91 Å². The number of piperidine rings is 1. The van der Waals surface area contributed by atoms with Gasteiger partial charge in [-0.2, -0.15) is 0 Å². The van der Waals surface area contributed by atoms with E-state index < -0.39 is 5.69 Å². The number of aromatic nitrogens is 2. The number of likely N-dealkylation sites (tertiary alicyclic amines) is 1. The van der Waals surface area contributed by atoms with Gasteiger partial charge < -0.3 is 4.90 Å². The van der Waals surface area contributed by atoms with Crippen LogP contribution in [0.5, 0.6) is 0 Å². The van der Waals surface area contributed by atoms with Crippen LogP contribution in [0.3, 0.4) is 0 Å².